The molecule has 1 aromatic rings. The van der Waals surface area contributed by atoms with E-state index in [4.69, 9.17) is 14.2 Å². The van der Waals surface area contributed by atoms with Crippen molar-refractivity contribution in [3.8, 4) is 0 Å². The van der Waals surface area contributed by atoms with Crippen LogP contribution in [0, 0.1) is 0 Å². The van der Waals surface area contributed by atoms with Crippen molar-refractivity contribution in [3.63, 3.8) is 0 Å². The topological polar surface area (TPSA) is 48.0 Å². The number of piperidine rings is 1. The molecule has 2 unspecified atom stereocenters. The molecule has 2 aliphatic heterocycles. The van der Waals surface area contributed by atoms with Crippen LogP contribution in [0.15, 0.2) is 30.3 Å². The lowest BCUT2D eigenvalue weighted by atomic mass is 9.86. The van der Waals surface area contributed by atoms with Gasteiger partial charge in [0.2, 0.25) is 0 Å². The van der Waals surface area contributed by atoms with E-state index in [2.05, 4.69) is 19.1 Å². The van der Waals surface area contributed by atoms with Gasteiger partial charge in [-0.2, -0.15) is 0 Å². The molecule has 0 radical (unpaired) electrons. The molecule has 2 aliphatic rings. The molecule has 2 fully saturated rings. The van der Waals surface area contributed by atoms with Crippen LogP contribution in [0.4, 0.5) is 4.79 Å². The molecule has 2 saturated heterocycles. The third-order valence-corrected chi connectivity index (χ3v) is 5.08. The van der Waals surface area contributed by atoms with E-state index in [1.807, 2.05) is 43.9 Å². The molecular weight excluding hydrogens is 330 g/mol. The number of carbonyl (C=O) groups is 1. The van der Waals surface area contributed by atoms with E-state index in [9.17, 15) is 4.79 Å². The Morgan fingerprint density at radius 2 is 1.77 bits per heavy atom. The zero-order valence-corrected chi connectivity index (χ0v) is 16.4. The van der Waals surface area contributed by atoms with Crippen molar-refractivity contribution in [2.45, 2.75) is 76.9 Å². The number of hydrogen-bond acceptors (Lipinski definition) is 4. The minimum Gasteiger partial charge on any atom is -0.444 e. The number of carbonyl (C=O) groups excluding carboxylic acids is 1. The minimum absolute atomic E-state index is 0.0101. The molecule has 0 saturated carbocycles. The van der Waals surface area contributed by atoms with Crippen LogP contribution in [-0.2, 0) is 20.6 Å². The molecule has 5 nitrogen and oxygen atoms in total. The Bertz CT molecular complexity index is 604. The zero-order chi connectivity index (χ0) is 18.8. The molecule has 3 rings (SSSR count). The lowest BCUT2D eigenvalue weighted by Gasteiger charge is -2.48. The number of benzene rings is 1. The van der Waals surface area contributed by atoms with Gasteiger partial charge in [0.1, 0.15) is 5.60 Å². The van der Waals surface area contributed by atoms with Crippen molar-refractivity contribution in [1.82, 2.24) is 4.90 Å². The van der Waals surface area contributed by atoms with Gasteiger partial charge in [0.25, 0.3) is 0 Å². The summed E-state index contributed by atoms with van der Waals surface area (Å²) >= 11 is 0. The van der Waals surface area contributed by atoms with Gasteiger partial charge in [0.05, 0.1) is 13.2 Å². The van der Waals surface area contributed by atoms with E-state index in [1.54, 1.807) is 0 Å². The average molecular weight is 361 g/mol. The number of nitrogens with zero attached hydrogens (tertiary/aromatic N) is 1. The molecular formula is C21H31NO4. The van der Waals surface area contributed by atoms with E-state index in [0.717, 1.165) is 12.8 Å². The van der Waals surface area contributed by atoms with Crippen LogP contribution in [-0.4, -0.2) is 47.7 Å². The van der Waals surface area contributed by atoms with E-state index in [1.165, 1.54) is 5.56 Å². The van der Waals surface area contributed by atoms with Crippen molar-refractivity contribution < 1.29 is 19.0 Å². The first-order valence-corrected chi connectivity index (χ1v) is 9.65. The van der Waals surface area contributed by atoms with Gasteiger partial charge in [-0.3, -0.25) is 0 Å². The molecule has 0 aliphatic carbocycles. The number of ether oxygens (including phenoxy) is 3. The highest BCUT2D eigenvalue weighted by molar-refractivity contribution is 5.69. The molecule has 144 valence electrons. The second-order valence-corrected chi connectivity index (χ2v) is 8.31. The Labute approximate surface area is 156 Å². The van der Waals surface area contributed by atoms with Gasteiger partial charge in [-0.1, -0.05) is 37.3 Å². The van der Waals surface area contributed by atoms with Crippen LogP contribution in [0.5, 0.6) is 0 Å². The first kappa shape index (κ1) is 19.2. The van der Waals surface area contributed by atoms with Crippen LogP contribution in [0.2, 0.25) is 0 Å². The zero-order valence-electron chi connectivity index (χ0n) is 16.4. The van der Waals surface area contributed by atoms with Crippen molar-refractivity contribution in [3.05, 3.63) is 35.9 Å². The fourth-order valence-corrected chi connectivity index (χ4v) is 4.04. The molecule has 1 amide bonds. The summed E-state index contributed by atoms with van der Waals surface area (Å²) in [5, 5.41) is 0. The monoisotopic (exact) mass is 361 g/mol. The number of likely N-dealkylation sites (tertiary alicyclic amines) is 1. The molecule has 0 N–H and O–H groups in total. The molecule has 2 heterocycles. The second-order valence-electron chi connectivity index (χ2n) is 8.31. The van der Waals surface area contributed by atoms with Gasteiger partial charge in [0, 0.05) is 24.9 Å². The molecule has 5 heteroatoms. The van der Waals surface area contributed by atoms with Crippen LogP contribution in [0.3, 0.4) is 0 Å². The fourth-order valence-electron chi connectivity index (χ4n) is 4.04. The molecule has 0 bridgehead atoms. The lowest BCUT2D eigenvalue weighted by molar-refractivity contribution is -0.206. The van der Waals surface area contributed by atoms with Crippen LogP contribution < -0.4 is 0 Å². The molecule has 1 spiro atoms. The van der Waals surface area contributed by atoms with Gasteiger partial charge in [0.15, 0.2) is 5.79 Å². The quantitative estimate of drug-likeness (QED) is 0.811. The van der Waals surface area contributed by atoms with E-state index >= 15 is 0 Å². The smallest absolute Gasteiger partial charge is 0.410 e. The Balaban J connectivity index is 1.87. The standard InChI is InChI=1S/C21H31NO4/c1-5-17-14-21(24-11-12-25-21)15-18(13-16-9-7-6-8-10-16)22(17)19(23)26-20(2,3)4/h6-10,17-18H,5,11-15H2,1-4H3. The first-order valence-electron chi connectivity index (χ1n) is 9.65. The fraction of sp³-hybridized carbons (Fsp3) is 0.667. The second kappa shape index (κ2) is 7.57. The maximum atomic E-state index is 13.0. The minimum atomic E-state index is -0.557. The third-order valence-electron chi connectivity index (χ3n) is 5.08. The summed E-state index contributed by atoms with van der Waals surface area (Å²) in [6.45, 7) is 9.09. The highest BCUT2D eigenvalue weighted by Gasteiger charge is 2.50. The third kappa shape index (κ3) is 4.38. The highest BCUT2D eigenvalue weighted by atomic mass is 16.7. The summed E-state index contributed by atoms with van der Waals surface area (Å²) in [6.07, 6.45) is 2.76. The van der Waals surface area contributed by atoms with Gasteiger partial charge >= 0.3 is 6.09 Å². The molecule has 0 aromatic heterocycles. The van der Waals surface area contributed by atoms with Crippen LogP contribution in [0.1, 0.15) is 52.5 Å². The number of hydrogen-bond donors (Lipinski definition) is 0. The average Bonchev–Trinajstić information content (AvgIpc) is 3.01. The number of rotatable bonds is 3. The van der Waals surface area contributed by atoms with Gasteiger partial charge in [-0.05, 0) is 39.2 Å². The maximum absolute atomic E-state index is 13.0. The van der Waals surface area contributed by atoms with Crippen molar-refractivity contribution in [2.75, 3.05) is 13.2 Å². The SMILES string of the molecule is CCC1CC2(CC(Cc3ccccc3)N1C(=O)OC(C)(C)C)OCCO2. The van der Waals surface area contributed by atoms with Gasteiger partial charge in [-0.25, -0.2) is 4.79 Å². The summed E-state index contributed by atoms with van der Waals surface area (Å²) in [4.78, 5) is 14.9. The van der Waals surface area contributed by atoms with Crippen LogP contribution in [0.25, 0.3) is 0 Å². The van der Waals surface area contributed by atoms with Gasteiger partial charge < -0.3 is 19.1 Å². The summed E-state index contributed by atoms with van der Waals surface area (Å²) in [7, 11) is 0. The number of amides is 1. The van der Waals surface area contributed by atoms with E-state index < -0.39 is 11.4 Å². The summed E-state index contributed by atoms with van der Waals surface area (Å²) in [5.41, 5.74) is 0.693. The van der Waals surface area contributed by atoms with Crippen LogP contribution >= 0.6 is 0 Å². The molecule has 26 heavy (non-hydrogen) atoms. The highest BCUT2D eigenvalue weighted by Crippen LogP contribution is 2.40. The Kier molecular flexibility index (Phi) is 5.58. The predicted octanol–water partition coefficient (Wildman–Crippen LogP) is 4.15. The van der Waals surface area contributed by atoms with E-state index in [-0.39, 0.29) is 18.2 Å². The van der Waals surface area contributed by atoms with Crippen molar-refractivity contribution in [2.24, 2.45) is 0 Å². The summed E-state index contributed by atoms with van der Waals surface area (Å²) in [6, 6.07) is 10.3. The molecule has 1 aromatic carbocycles. The normalized spacial score (nSPS) is 25.5. The summed E-state index contributed by atoms with van der Waals surface area (Å²) < 4.78 is 17.8. The lowest BCUT2D eigenvalue weighted by Crippen LogP contribution is -2.59. The van der Waals surface area contributed by atoms with E-state index in [0.29, 0.717) is 26.1 Å². The largest absolute Gasteiger partial charge is 0.444 e. The van der Waals surface area contributed by atoms with Crippen molar-refractivity contribution in [1.29, 1.82) is 0 Å². The summed E-state index contributed by atoms with van der Waals surface area (Å²) in [5.74, 6) is -0.557. The first-order chi connectivity index (χ1) is 12.3. The van der Waals surface area contributed by atoms with Crippen molar-refractivity contribution >= 4 is 6.09 Å². The Hall–Kier alpha value is -1.59. The maximum Gasteiger partial charge on any atom is 0.410 e. The van der Waals surface area contributed by atoms with Gasteiger partial charge in [-0.15, -0.1) is 0 Å². The molecule has 2 atom stereocenters. The Morgan fingerprint density at radius 3 is 2.35 bits per heavy atom. The Morgan fingerprint density at radius 1 is 1.15 bits per heavy atom. The predicted molar refractivity (Wildman–Crippen MR) is 100.0 cm³/mol.